The van der Waals surface area contributed by atoms with Gasteiger partial charge in [0.2, 0.25) is 0 Å². The molecule has 0 N–H and O–H groups in total. The largest absolute Gasteiger partial charge is 0.455 e. The minimum absolute atomic E-state index is 0.818. The van der Waals surface area contributed by atoms with Gasteiger partial charge in [-0.3, -0.25) is 0 Å². The number of hydrogen-bond acceptors (Lipinski definition) is 2. The fourth-order valence-corrected chi connectivity index (χ4v) is 9.74. The number of furan rings is 1. The van der Waals surface area contributed by atoms with Gasteiger partial charge >= 0.3 is 0 Å². The Kier molecular flexibility index (Phi) is 7.01. The molecule has 3 heterocycles. The van der Waals surface area contributed by atoms with E-state index in [-0.39, 0.29) is 0 Å². The van der Waals surface area contributed by atoms with Crippen LogP contribution < -0.4 is 0 Å². The second-order valence-electron chi connectivity index (χ2n) is 15.9. The summed E-state index contributed by atoms with van der Waals surface area (Å²) in [4.78, 5) is 5.43. The monoisotopic (exact) mass is 762 g/mol. The molecule has 13 aromatic rings. The summed E-state index contributed by atoms with van der Waals surface area (Å²) < 4.78 is 9.40. The van der Waals surface area contributed by atoms with Gasteiger partial charge in [-0.25, -0.2) is 4.98 Å². The Morgan fingerprint density at radius 3 is 1.70 bits per heavy atom. The van der Waals surface area contributed by atoms with Crippen LogP contribution in [0.5, 0.6) is 0 Å². The highest BCUT2D eigenvalue weighted by atomic mass is 16.3. The summed E-state index contributed by atoms with van der Waals surface area (Å²) in [6.07, 6.45) is 0. The number of benzene rings is 10. The number of fused-ring (bicyclic) bond motifs is 12. The first-order valence-corrected chi connectivity index (χ1v) is 20.5. The van der Waals surface area contributed by atoms with Gasteiger partial charge in [0.05, 0.1) is 28.1 Å². The number of pyridine rings is 1. The lowest BCUT2D eigenvalue weighted by atomic mass is 9.95. The second kappa shape index (κ2) is 12.7. The minimum atomic E-state index is 0.818. The Balaban J connectivity index is 1.16. The molecule has 0 saturated heterocycles. The molecule has 0 atom stereocenters. The zero-order valence-electron chi connectivity index (χ0n) is 32.4. The van der Waals surface area contributed by atoms with E-state index < -0.39 is 0 Å². The number of nitrogens with zero attached hydrogens (tertiary/aromatic N) is 2. The van der Waals surface area contributed by atoms with Crippen molar-refractivity contribution in [2.24, 2.45) is 0 Å². The summed E-state index contributed by atoms with van der Waals surface area (Å²) in [5, 5.41) is 15.3. The van der Waals surface area contributed by atoms with Gasteiger partial charge < -0.3 is 8.98 Å². The molecule has 0 saturated carbocycles. The summed E-state index contributed by atoms with van der Waals surface area (Å²) in [5.74, 6) is 0.818. The first kappa shape index (κ1) is 33.0. The quantitative estimate of drug-likeness (QED) is 0.167. The van der Waals surface area contributed by atoms with Crippen molar-refractivity contribution in [2.45, 2.75) is 0 Å². The van der Waals surface area contributed by atoms with E-state index in [0.717, 1.165) is 83.1 Å². The molecule has 0 radical (unpaired) electrons. The van der Waals surface area contributed by atoms with Crippen LogP contribution in [0.15, 0.2) is 211 Å². The maximum absolute atomic E-state index is 6.92. The maximum atomic E-state index is 6.92. The Hall–Kier alpha value is -8.01. The number of hydrogen-bond donors (Lipinski definition) is 0. The summed E-state index contributed by atoms with van der Waals surface area (Å²) >= 11 is 0. The first-order valence-electron chi connectivity index (χ1n) is 20.5. The van der Waals surface area contributed by atoms with Crippen molar-refractivity contribution >= 4 is 86.6 Å². The maximum Gasteiger partial charge on any atom is 0.142 e. The van der Waals surface area contributed by atoms with E-state index in [1.807, 2.05) is 0 Å². The highest BCUT2D eigenvalue weighted by Crippen LogP contribution is 2.44. The van der Waals surface area contributed by atoms with Crippen LogP contribution in [-0.2, 0) is 0 Å². The van der Waals surface area contributed by atoms with E-state index in [9.17, 15) is 0 Å². The zero-order valence-corrected chi connectivity index (χ0v) is 32.4. The second-order valence-corrected chi connectivity index (χ2v) is 15.9. The molecule has 0 bridgehead atoms. The van der Waals surface area contributed by atoms with Gasteiger partial charge in [-0.2, -0.15) is 0 Å². The van der Waals surface area contributed by atoms with Crippen molar-refractivity contribution in [3.05, 3.63) is 206 Å². The Morgan fingerprint density at radius 1 is 0.350 bits per heavy atom. The first-order chi connectivity index (χ1) is 29.7. The average Bonchev–Trinajstić information content (AvgIpc) is 3.94. The topological polar surface area (TPSA) is 31.0 Å². The molecule has 0 aliphatic heterocycles. The normalized spacial score (nSPS) is 12.0. The van der Waals surface area contributed by atoms with E-state index in [2.05, 4.69) is 211 Å². The Morgan fingerprint density at radius 2 is 0.900 bits per heavy atom. The van der Waals surface area contributed by atoms with E-state index in [1.165, 1.54) is 43.1 Å². The third-order valence-electron chi connectivity index (χ3n) is 12.5. The van der Waals surface area contributed by atoms with E-state index in [0.29, 0.717) is 0 Å². The van der Waals surface area contributed by atoms with E-state index in [4.69, 9.17) is 9.40 Å². The molecule has 0 unspecified atom stereocenters. The molecule has 0 spiro atoms. The molecule has 0 aliphatic carbocycles. The molecule has 278 valence electrons. The molecule has 3 aromatic heterocycles. The summed E-state index contributed by atoms with van der Waals surface area (Å²) in [6.45, 7) is 0. The van der Waals surface area contributed by atoms with Crippen molar-refractivity contribution in [1.29, 1.82) is 0 Å². The van der Waals surface area contributed by atoms with Crippen molar-refractivity contribution in [1.82, 2.24) is 9.55 Å². The molecule has 0 aliphatic rings. The van der Waals surface area contributed by atoms with Gasteiger partial charge in [0, 0.05) is 43.4 Å². The van der Waals surface area contributed by atoms with Crippen LogP contribution >= 0.6 is 0 Å². The van der Waals surface area contributed by atoms with Gasteiger partial charge in [-0.15, -0.1) is 0 Å². The van der Waals surface area contributed by atoms with E-state index in [1.54, 1.807) is 0 Å². The minimum Gasteiger partial charge on any atom is -0.455 e. The van der Waals surface area contributed by atoms with Crippen LogP contribution in [0.2, 0.25) is 0 Å². The highest BCUT2D eigenvalue weighted by Gasteiger charge is 2.21. The average molecular weight is 763 g/mol. The molecule has 3 heteroatoms. The summed E-state index contributed by atoms with van der Waals surface area (Å²) in [7, 11) is 0. The number of para-hydroxylation sites is 1. The molecule has 10 aromatic carbocycles. The predicted octanol–water partition coefficient (Wildman–Crippen LogP) is 15.7. The Labute approximate surface area is 345 Å². The SMILES string of the molecule is c1ccc2c(c1)cc(-n1c(-c3cc(-c4cc5ccc6ccccc6c5o4)cc(-c4nc5ccccc5c5ccccc45)c3)cc3c4ccccc4ccc31)c1ccccc12. The van der Waals surface area contributed by atoms with Crippen molar-refractivity contribution in [3.63, 3.8) is 0 Å². The van der Waals surface area contributed by atoms with Gasteiger partial charge in [-0.05, 0) is 91.8 Å². The van der Waals surface area contributed by atoms with Gasteiger partial charge in [0.25, 0.3) is 0 Å². The lowest BCUT2D eigenvalue weighted by molar-refractivity contribution is 0.635. The Bertz CT molecular complexity index is 3910. The van der Waals surface area contributed by atoms with Crippen LogP contribution in [-0.4, -0.2) is 9.55 Å². The molecular weight excluding hydrogens is 729 g/mol. The van der Waals surface area contributed by atoms with E-state index >= 15 is 0 Å². The third kappa shape index (κ3) is 4.93. The lowest BCUT2D eigenvalue weighted by Gasteiger charge is -2.18. The molecule has 13 rings (SSSR count). The lowest BCUT2D eigenvalue weighted by Crippen LogP contribution is -1.99. The summed E-state index contributed by atoms with van der Waals surface area (Å²) in [5.41, 5.74) is 9.29. The summed E-state index contributed by atoms with van der Waals surface area (Å²) in [6, 6.07) is 74.6. The highest BCUT2D eigenvalue weighted by molar-refractivity contribution is 6.15. The molecule has 0 amide bonds. The van der Waals surface area contributed by atoms with Gasteiger partial charge in [0.1, 0.15) is 11.3 Å². The molecule has 0 fully saturated rings. The third-order valence-corrected chi connectivity index (χ3v) is 12.5. The fourth-order valence-electron chi connectivity index (χ4n) is 9.74. The number of rotatable bonds is 4. The van der Waals surface area contributed by atoms with Crippen molar-refractivity contribution < 1.29 is 4.42 Å². The number of aromatic nitrogens is 2. The zero-order chi connectivity index (χ0) is 39.3. The van der Waals surface area contributed by atoms with Crippen molar-refractivity contribution in [3.8, 4) is 39.5 Å². The van der Waals surface area contributed by atoms with Crippen LogP contribution in [0, 0.1) is 0 Å². The van der Waals surface area contributed by atoms with Crippen LogP contribution in [0.1, 0.15) is 0 Å². The van der Waals surface area contributed by atoms with Crippen LogP contribution in [0.4, 0.5) is 0 Å². The fraction of sp³-hybridized carbons (Fsp3) is 0. The van der Waals surface area contributed by atoms with Gasteiger partial charge in [0.15, 0.2) is 0 Å². The van der Waals surface area contributed by atoms with Crippen LogP contribution in [0.25, 0.3) is 126 Å². The van der Waals surface area contributed by atoms with Crippen molar-refractivity contribution in [2.75, 3.05) is 0 Å². The predicted molar refractivity (Wildman–Crippen MR) is 252 cm³/mol. The smallest absolute Gasteiger partial charge is 0.142 e. The van der Waals surface area contributed by atoms with Gasteiger partial charge in [-0.1, -0.05) is 158 Å². The standard InChI is InChI=1S/C57H34N2O/c1-4-16-42-35(13-1)27-28-52-50(42)34-53(59(52)54-32-37-15-3-5-17-43(37)45-19-7-9-22-48(45)54)39-29-40(55-33-38-26-25-36-14-2-6-18-44(36)57(38)60-55)31-41(30-39)56-49-23-10-8-20-46(49)47-21-11-12-24-51(47)58-56/h1-34H. The van der Waals surface area contributed by atoms with Crippen LogP contribution in [0.3, 0.4) is 0 Å². The molecule has 3 nitrogen and oxygen atoms in total. The molecule has 60 heavy (non-hydrogen) atoms. The molecular formula is C57H34N2O.